The molecule has 1 aromatic carbocycles. The van der Waals surface area contributed by atoms with Crippen LogP contribution >= 0.6 is 0 Å². The molecule has 1 amide bonds. The van der Waals surface area contributed by atoms with Gasteiger partial charge in [0.05, 0.1) is 16.8 Å². The Kier molecular flexibility index (Phi) is 6.32. The summed E-state index contributed by atoms with van der Waals surface area (Å²) in [7, 11) is -3.78. The Morgan fingerprint density at radius 1 is 0.966 bits per heavy atom. The molecule has 10 nitrogen and oxygen atoms in total. The standard InChI is InChI=1S/C18H19N7O3S/c19-29(27,28)15-5-3-13(4-6-15)18(26)22-11-10-21-16-7-8-17(25-24-16)23-14-2-1-9-20-12-14/h1-9,12H,10-11H2,(H,21,24)(H,22,26)(H,23,25)(H2,19,27,28). The van der Waals surface area contributed by atoms with Crippen molar-refractivity contribution < 1.29 is 13.2 Å². The van der Waals surface area contributed by atoms with Crippen LogP contribution in [0.4, 0.5) is 17.3 Å². The Balaban J connectivity index is 1.43. The summed E-state index contributed by atoms with van der Waals surface area (Å²) in [6, 6.07) is 12.6. The molecular formula is C18H19N7O3S. The largest absolute Gasteiger partial charge is 0.367 e. The van der Waals surface area contributed by atoms with Crippen LogP contribution < -0.4 is 21.1 Å². The highest BCUT2D eigenvalue weighted by Crippen LogP contribution is 2.13. The second kappa shape index (κ2) is 9.08. The summed E-state index contributed by atoms with van der Waals surface area (Å²) in [5.74, 6) is 0.822. The Hall–Kier alpha value is -3.57. The van der Waals surface area contributed by atoms with Crippen LogP contribution in [-0.2, 0) is 10.0 Å². The van der Waals surface area contributed by atoms with Crippen molar-refractivity contribution in [2.45, 2.75) is 4.90 Å². The minimum atomic E-state index is -3.78. The predicted octanol–water partition coefficient (Wildman–Crippen LogP) is 1.10. The summed E-state index contributed by atoms with van der Waals surface area (Å²) in [6.45, 7) is 0.776. The highest BCUT2D eigenvalue weighted by Gasteiger charge is 2.10. The SMILES string of the molecule is NS(=O)(=O)c1ccc(C(=O)NCCNc2ccc(Nc3cccnc3)nn2)cc1. The lowest BCUT2D eigenvalue weighted by atomic mass is 10.2. The lowest BCUT2D eigenvalue weighted by Gasteiger charge is -2.08. The molecule has 0 saturated carbocycles. The lowest BCUT2D eigenvalue weighted by molar-refractivity contribution is 0.0955. The number of nitrogens with one attached hydrogen (secondary N) is 3. The van der Waals surface area contributed by atoms with Gasteiger partial charge in [-0.1, -0.05) is 0 Å². The first kappa shape index (κ1) is 20.2. The van der Waals surface area contributed by atoms with Crippen molar-refractivity contribution in [1.82, 2.24) is 20.5 Å². The summed E-state index contributed by atoms with van der Waals surface area (Å²) >= 11 is 0. The van der Waals surface area contributed by atoms with Gasteiger partial charge in [-0.25, -0.2) is 13.6 Å². The third-order valence-electron chi connectivity index (χ3n) is 3.76. The van der Waals surface area contributed by atoms with Gasteiger partial charge >= 0.3 is 0 Å². The maximum atomic E-state index is 12.1. The van der Waals surface area contributed by atoms with E-state index in [-0.39, 0.29) is 10.8 Å². The number of pyridine rings is 1. The van der Waals surface area contributed by atoms with Gasteiger partial charge in [0.25, 0.3) is 5.91 Å². The zero-order valence-corrected chi connectivity index (χ0v) is 16.1. The number of aromatic nitrogens is 3. The number of amides is 1. The van der Waals surface area contributed by atoms with E-state index in [0.717, 1.165) is 5.69 Å². The monoisotopic (exact) mass is 413 g/mol. The van der Waals surface area contributed by atoms with Gasteiger partial charge in [-0.15, -0.1) is 10.2 Å². The molecule has 2 heterocycles. The second-order valence-corrected chi connectivity index (χ2v) is 7.48. The van der Waals surface area contributed by atoms with Gasteiger partial charge in [-0.2, -0.15) is 0 Å². The average molecular weight is 413 g/mol. The maximum absolute atomic E-state index is 12.1. The molecule has 11 heteroatoms. The number of anilines is 3. The van der Waals surface area contributed by atoms with Crippen LogP contribution in [0, 0.1) is 0 Å². The molecule has 150 valence electrons. The second-order valence-electron chi connectivity index (χ2n) is 5.92. The number of rotatable bonds is 8. The number of hydrogen-bond acceptors (Lipinski definition) is 8. The van der Waals surface area contributed by atoms with Crippen molar-refractivity contribution >= 4 is 33.3 Å². The highest BCUT2D eigenvalue weighted by atomic mass is 32.2. The van der Waals surface area contributed by atoms with E-state index in [0.29, 0.717) is 30.3 Å². The normalized spacial score (nSPS) is 10.9. The first-order valence-electron chi connectivity index (χ1n) is 8.57. The third kappa shape index (κ3) is 5.96. The van der Waals surface area contributed by atoms with Crippen LogP contribution in [0.3, 0.4) is 0 Å². The maximum Gasteiger partial charge on any atom is 0.251 e. The van der Waals surface area contributed by atoms with E-state index in [1.165, 1.54) is 24.3 Å². The number of carbonyl (C=O) groups excluding carboxylic acids is 1. The first-order chi connectivity index (χ1) is 13.9. The van der Waals surface area contributed by atoms with Gasteiger partial charge < -0.3 is 16.0 Å². The molecule has 29 heavy (non-hydrogen) atoms. The van der Waals surface area contributed by atoms with E-state index in [9.17, 15) is 13.2 Å². The molecule has 2 aromatic heterocycles. The first-order valence-corrected chi connectivity index (χ1v) is 10.1. The van der Waals surface area contributed by atoms with Crippen molar-refractivity contribution in [3.8, 4) is 0 Å². The number of primary sulfonamides is 1. The van der Waals surface area contributed by atoms with Crippen molar-refractivity contribution in [3.05, 3.63) is 66.5 Å². The van der Waals surface area contributed by atoms with E-state index in [1.807, 2.05) is 12.1 Å². The summed E-state index contributed by atoms with van der Waals surface area (Å²) in [5, 5.41) is 22.0. The van der Waals surface area contributed by atoms with Crippen LogP contribution in [0.25, 0.3) is 0 Å². The van der Waals surface area contributed by atoms with Crippen LogP contribution in [0.1, 0.15) is 10.4 Å². The minimum absolute atomic E-state index is 0.0456. The summed E-state index contributed by atoms with van der Waals surface area (Å²) in [6.07, 6.45) is 3.36. The van der Waals surface area contributed by atoms with Crippen LogP contribution in [0.5, 0.6) is 0 Å². The molecule has 0 fully saturated rings. The minimum Gasteiger partial charge on any atom is -0.367 e. The number of nitrogens with two attached hydrogens (primary N) is 1. The molecule has 3 rings (SSSR count). The summed E-state index contributed by atoms with van der Waals surface area (Å²) in [5.41, 5.74) is 1.14. The number of sulfonamides is 1. The number of nitrogens with zero attached hydrogens (tertiary/aromatic N) is 3. The van der Waals surface area contributed by atoms with Gasteiger partial charge in [0.2, 0.25) is 10.0 Å². The molecule has 0 aliphatic rings. The van der Waals surface area contributed by atoms with Gasteiger partial charge in [0.15, 0.2) is 5.82 Å². The van der Waals surface area contributed by atoms with Crippen LogP contribution in [0.15, 0.2) is 65.8 Å². The topological polar surface area (TPSA) is 152 Å². The van der Waals surface area contributed by atoms with E-state index in [2.05, 4.69) is 31.1 Å². The van der Waals surface area contributed by atoms with E-state index >= 15 is 0 Å². The predicted molar refractivity (Wildman–Crippen MR) is 108 cm³/mol. The molecule has 0 unspecified atom stereocenters. The van der Waals surface area contributed by atoms with Crippen LogP contribution in [0.2, 0.25) is 0 Å². The zero-order valence-electron chi connectivity index (χ0n) is 15.2. The number of hydrogen-bond donors (Lipinski definition) is 4. The lowest BCUT2D eigenvalue weighted by Crippen LogP contribution is -2.29. The van der Waals surface area contributed by atoms with Crippen molar-refractivity contribution in [2.75, 3.05) is 23.7 Å². The molecule has 0 atom stereocenters. The zero-order chi connectivity index (χ0) is 20.7. The van der Waals surface area contributed by atoms with E-state index in [4.69, 9.17) is 5.14 Å². The molecule has 0 radical (unpaired) electrons. The molecule has 0 aliphatic carbocycles. The average Bonchev–Trinajstić information content (AvgIpc) is 2.72. The molecule has 5 N–H and O–H groups in total. The number of benzene rings is 1. The molecule has 0 saturated heterocycles. The van der Waals surface area contributed by atoms with Crippen LogP contribution in [-0.4, -0.2) is 42.6 Å². The summed E-state index contributed by atoms with van der Waals surface area (Å²) < 4.78 is 22.4. The quantitative estimate of drug-likeness (QED) is 0.401. The van der Waals surface area contributed by atoms with Gasteiger partial charge in [-0.3, -0.25) is 9.78 Å². The number of carbonyl (C=O) groups is 1. The highest BCUT2D eigenvalue weighted by molar-refractivity contribution is 7.89. The van der Waals surface area contributed by atoms with Crippen molar-refractivity contribution in [2.24, 2.45) is 5.14 Å². The fourth-order valence-electron chi connectivity index (χ4n) is 2.34. The smallest absolute Gasteiger partial charge is 0.251 e. The fourth-order valence-corrected chi connectivity index (χ4v) is 2.86. The molecular weight excluding hydrogens is 394 g/mol. The van der Waals surface area contributed by atoms with Crippen molar-refractivity contribution in [1.29, 1.82) is 0 Å². The third-order valence-corrected chi connectivity index (χ3v) is 4.69. The Labute approximate surface area is 167 Å². The Morgan fingerprint density at radius 3 is 2.31 bits per heavy atom. The van der Waals surface area contributed by atoms with Gasteiger partial charge in [0, 0.05) is 24.8 Å². The van der Waals surface area contributed by atoms with E-state index in [1.54, 1.807) is 24.5 Å². The van der Waals surface area contributed by atoms with E-state index < -0.39 is 10.0 Å². The molecule has 0 spiro atoms. The fraction of sp³-hybridized carbons (Fsp3) is 0.111. The Bertz CT molecular complexity index is 1060. The molecule has 3 aromatic rings. The molecule has 0 bridgehead atoms. The van der Waals surface area contributed by atoms with Gasteiger partial charge in [0.1, 0.15) is 5.82 Å². The summed E-state index contributed by atoms with van der Waals surface area (Å²) in [4.78, 5) is 16.0. The van der Waals surface area contributed by atoms with Gasteiger partial charge in [-0.05, 0) is 48.5 Å². The Morgan fingerprint density at radius 2 is 1.69 bits per heavy atom. The molecule has 0 aliphatic heterocycles. The van der Waals surface area contributed by atoms with Crippen molar-refractivity contribution in [3.63, 3.8) is 0 Å².